The monoisotopic (exact) mass is 418 g/mol. The average Bonchev–Trinajstić information content (AvgIpc) is 3.17. The van der Waals surface area contributed by atoms with E-state index in [4.69, 9.17) is 4.74 Å². The topological polar surface area (TPSA) is 125 Å². The van der Waals surface area contributed by atoms with Gasteiger partial charge in [-0.2, -0.15) is 5.10 Å². The number of aromatic nitrogens is 4. The number of rotatable bonds is 5. The van der Waals surface area contributed by atoms with Crippen LogP contribution in [-0.4, -0.2) is 56.5 Å². The summed E-state index contributed by atoms with van der Waals surface area (Å²) >= 11 is 0. The molecule has 0 bridgehead atoms. The summed E-state index contributed by atoms with van der Waals surface area (Å²) in [4.78, 5) is 21.1. The number of aromatic amines is 1. The van der Waals surface area contributed by atoms with Gasteiger partial charge in [0.1, 0.15) is 23.8 Å². The van der Waals surface area contributed by atoms with Crippen molar-refractivity contribution >= 4 is 22.8 Å². The molecule has 0 saturated carbocycles. The van der Waals surface area contributed by atoms with Gasteiger partial charge in [0.15, 0.2) is 11.3 Å². The molecule has 3 heterocycles. The lowest BCUT2D eigenvalue weighted by molar-refractivity contribution is 0.00308. The van der Waals surface area contributed by atoms with Gasteiger partial charge in [-0.25, -0.2) is 18.7 Å². The predicted molar refractivity (Wildman–Crippen MR) is 103 cm³/mol. The molecule has 0 unspecified atom stereocenters. The number of nitrogens with zero attached hydrogens (tertiary/aromatic N) is 3. The van der Waals surface area contributed by atoms with Crippen LogP contribution in [0.25, 0.3) is 11.0 Å². The van der Waals surface area contributed by atoms with E-state index >= 15 is 0 Å². The highest BCUT2D eigenvalue weighted by atomic mass is 19.1. The Hall–Kier alpha value is -3.18. The van der Waals surface area contributed by atoms with Crippen molar-refractivity contribution in [3.63, 3.8) is 0 Å². The number of halogens is 2. The van der Waals surface area contributed by atoms with E-state index < -0.39 is 35.7 Å². The van der Waals surface area contributed by atoms with Crippen LogP contribution in [0.2, 0.25) is 0 Å². The van der Waals surface area contributed by atoms with Crippen molar-refractivity contribution in [2.24, 2.45) is 0 Å². The maximum Gasteiger partial charge on any atom is 0.273 e. The van der Waals surface area contributed by atoms with Crippen molar-refractivity contribution in [3.05, 3.63) is 47.4 Å². The first kappa shape index (κ1) is 20.1. The van der Waals surface area contributed by atoms with Crippen LogP contribution in [0.5, 0.6) is 0 Å². The SMILES string of the molecule is C[C@@H](NC(=O)c1n[nH]c2ncnc(N[C@@H]3COCC[C@H]3O)c12)c1cc(F)ccc1F. The lowest BCUT2D eigenvalue weighted by Crippen LogP contribution is -2.42. The van der Waals surface area contributed by atoms with Crippen molar-refractivity contribution in [3.8, 4) is 0 Å². The summed E-state index contributed by atoms with van der Waals surface area (Å²) in [6, 6.07) is 1.82. The van der Waals surface area contributed by atoms with Crippen LogP contribution >= 0.6 is 0 Å². The molecule has 0 spiro atoms. The molecular weight excluding hydrogens is 398 g/mol. The Morgan fingerprint density at radius 2 is 2.20 bits per heavy atom. The molecule has 3 atom stereocenters. The van der Waals surface area contributed by atoms with E-state index in [9.17, 15) is 18.7 Å². The summed E-state index contributed by atoms with van der Waals surface area (Å²) in [5.41, 5.74) is 0.316. The van der Waals surface area contributed by atoms with Crippen molar-refractivity contribution in [1.82, 2.24) is 25.5 Å². The zero-order chi connectivity index (χ0) is 21.3. The average molecular weight is 418 g/mol. The summed E-state index contributed by atoms with van der Waals surface area (Å²) < 4.78 is 32.9. The number of H-pyrrole nitrogens is 1. The van der Waals surface area contributed by atoms with Gasteiger partial charge in [0, 0.05) is 12.2 Å². The molecule has 1 fully saturated rings. The second-order valence-electron chi connectivity index (χ2n) is 7.06. The zero-order valence-electron chi connectivity index (χ0n) is 16.0. The zero-order valence-corrected chi connectivity index (χ0v) is 16.0. The lowest BCUT2D eigenvalue weighted by atomic mass is 10.1. The Labute approximate surface area is 169 Å². The number of ether oxygens (including phenoxy) is 1. The molecule has 0 radical (unpaired) electrons. The summed E-state index contributed by atoms with van der Waals surface area (Å²) in [6.07, 6.45) is 1.14. The van der Waals surface area contributed by atoms with Gasteiger partial charge in [-0.15, -0.1) is 0 Å². The number of anilines is 1. The van der Waals surface area contributed by atoms with Crippen LogP contribution < -0.4 is 10.6 Å². The van der Waals surface area contributed by atoms with Gasteiger partial charge in [-0.3, -0.25) is 9.89 Å². The Morgan fingerprint density at radius 3 is 3.00 bits per heavy atom. The first-order chi connectivity index (χ1) is 14.4. The third-order valence-corrected chi connectivity index (χ3v) is 4.99. The molecule has 4 rings (SSSR count). The van der Waals surface area contributed by atoms with Crippen LogP contribution in [0.3, 0.4) is 0 Å². The van der Waals surface area contributed by atoms with Gasteiger partial charge >= 0.3 is 0 Å². The van der Waals surface area contributed by atoms with Crippen LogP contribution in [0.4, 0.5) is 14.6 Å². The summed E-state index contributed by atoms with van der Waals surface area (Å²) in [5, 5.41) is 22.9. The summed E-state index contributed by atoms with van der Waals surface area (Å²) in [5.74, 6) is -1.55. The van der Waals surface area contributed by atoms with E-state index in [-0.39, 0.29) is 17.9 Å². The summed E-state index contributed by atoms with van der Waals surface area (Å²) in [7, 11) is 0. The second-order valence-corrected chi connectivity index (χ2v) is 7.06. The quantitative estimate of drug-likeness (QED) is 0.497. The van der Waals surface area contributed by atoms with Gasteiger partial charge in [0.25, 0.3) is 5.91 Å². The fourth-order valence-electron chi connectivity index (χ4n) is 3.36. The number of fused-ring (bicyclic) bond motifs is 1. The van der Waals surface area contributed by atoms with Gasteiger partial charge in [-0.05, 0) is 31.5 Å². The van der Waals surface area contributed by atoms with Gasteiger partial charge in [-0.1, -0.05) is 0 Å². The molecule has 1 aliphatic rings. The molecule has 11 heteroatoms. The summed E-state index contributed by atoms with van der Waals surface area (Å²) in [6.45, 7) is 2.28. The van der Waals surface area contributed by atoms with Crippen LogP contribution in [0, 0.1) is 11.6 Å². The van der Waals surface area contributed by atoms with E-state index in [1.54, 1.807) is 0 Å². The van der Waals surface area contributed by atoms with E-state index in [1.807, 2.05) is 0 Å². The number of carbonyl (C=O) groups excluding carboxylic acids is 1. The molecule has 0 aliphatic carbocycles. The number of nitrogens with one attached hydrogen (secondary N) is 3. The van der Waals surface area contributed by atoms with Crippen molar-refractivity contribution in [1.29, 1.82) is 0 Å². The highest BCUT2D eigenvalue weighted by Gasteiger charge is 2.27. The number of aliphatic hydroxyl groups excluding tert-OH is 1. The van der Waals surface area contributed by atoms with Crippen LogP contribution in [0.15, 0.2) is 24.5 Å². The third kappa shape index (κ3) is 3.94. The van der Waals surface area contributed by atoms with Crippen molar-refractivity contribution in [2.45, 2.75) is 31.5 Å². The number of aliphatic hydroxyl groups is 1. The number of carbonyl (C=O) groups is 1. The number of benzene rings is 1. The molecule has 1 aromatic carbocycles. The maximum atomic E-state index is 14.0. The van der Waals surface area contributed by atoms with E-state index in [0.29, 0.717) is 29.9 Å². The minimum Gasteiger partial charge on any atom is -0.391 e. The Morgan fingerprint density at radius 1 is 1.37 bits per heavy atom. The molecular formula is C19H20F2N6O3. The molecule has 158 valence electrons. The Balaban J connectivity index is 1.60. The number of hydrogen-bond donors (Lipinski definition) is 4. The minimum atomic E-state index is -0.811. The maximum absolute atomic E-state index is 14.0. The molecule has 4 N–H and O–H groups in total. The van der Waals surface area contributed by atoms with Crippen LogP contribution in [-0.2, 0) is 4.74 Å². The molecule has 3 aromatic rings. The fourth-order valence-corrected chi connectivity index (χ4v) is 3.36. The van der Waals surface area contributed by atoms with E-state index in [2.05, 4.69) is 30.8 Å². The smallest absolute Gasteiger partial charge is 0.273 e. The second kappa shape index (κ2) is 8.28. The van der Waals surface area contributed by atoms with Gasteiger partial charge in [0.05, 0.1) is 30.2 Å². The van der Waals surface area contributed by atoms with Crippen LogP contribution in [0.1, 0.15) is 35.4 Å². The largest absolute Gasteiger partial charge is 0.391 e. The van der Waals surface area contributed by atoms with Gasteiger partial charge < -0.3 is 20.5 Å². The van der Waals surface area contributed by atoms with Crippen molar-refractivity contribution < 1.29 is 23.4 Å². The van der Waals surface area contributed by atoms with Crippen molar-refractivity contribution in [2.75, 3.05) is 18.5 Å². The number of hydrogen-bond acceptors (Lipinski definition) is 7. The highest BCUT2D eigenvalue weighted by molar-refractivity contribution is 6.07. The highest BCUT2D eigenvalue weighted by Crippen LogP contribution is 2.25. The first-order valence-electron chi connectivity index (χ1n) is 9.41. The molecule has 1 saturated heterocycles. The van der Waals surface area contributed by atoms with E-state index in [1.165, 1.54) is 13.3 Å². The Bertz CT molecular complexity index is 1080. The fraction of sp³-hybridized carbons (Fsp3) is 0.368. The molecule has 30 heavy (non-hydrogen) atoms. The lowest BCUT2D eigenvalue weighted by Gasteiger charge is -2.28. The molecule has 1 amide bonds. The third-order valence-electron chi connectivity index (χ3n) is 4.99. The minimum absolute atomic E-state index is 0.0111. The van der Waals surface area contributed by atoms with E-state index in [0.717, 1.165) is 18.2 Å². The van der Waals surface area contributed by atoms with Gasteiger partial charge in [0.2, 0.25) is 0 Å². The molecule has 2 aromatic heterocycles. The molecule has 1 aliphatic heterocycles. The normalized spacial score (nSPS) is 20.1. The first-order valence-corrected chi connectivity index (χ1v) is 9.41. The number of amides is 1. The Kier molecular flexibility index (Phi) is 5.55. The molecule has 9 nitrogen and oxygen atoms in total. The standard InChI is InChI=1S/C19H20F2N6O3/c1-9(11-6-10(20)2-3-12(11)21)24-19(29)16-15-17(22-8-23-18(15)27-26-16)25-13-7-30-5-4-14(13)28/h2-3,6,8-9,13-14,28H,4-5,7H2,1H3,(H,24,29)(H2,22,23,25,26,27)/t9-,13-,14-/m1/s1. The predicted octanol–water partition coefficient (Wildman–Crippen LogP) is 1.68.